The third-order valence-electron chi connectivity index (χ3n) is 4.46. The highest BCUT2D eigenvalue weighted by Crippen LogP contribution is 2.28. The highest BCUT2D eigenvalue weighted by atomic mass is 35.5. The van der Waals surface area contributed by atoms with Crippen LogP contribution in [0.25, 0.3) is 22.2 Å². The highest BCUT2D eigenvalue weighted by Gasteiger charge is 2.15. The molecule has 0 unspecified atom stereocenters. The summed E-state index contributed by atoms with van der Waals surface area (Å²) in [6.45, 7) is 0. The SMILES string of the molecule is CSc1ccccc1NC(=O)c1cc(-c2ccc(Cl)cc2)nc2ccccc12. The van der Waals surface area contributed by atoms with E-state index in [1.54, 1.807) is 11.8 Å². The molecule has 1 aromatic heterocycles. The maximum atomic E-state index is 13.2. The molecule has 4 rings (SSSR count). The van der Waals surface area contributed by atoms with Crippen molar-refractivity contribution in [1.29, 1.82) is 0 Å². The van der Waals surface area contributed by atoms with E-state index in [9.17, 15) is 4.79 Å². The molecule has 4 aromatic rings. The summed E-state index contributed by atoms with van der Waals surface area (Å²) in [7, 11) is 0. The molecule has 1 amide bonds. The van der Waals surface area contributed by atoms with Crippen LogP contribution in [0.5, 0.6) is 0 Å². The number of hydrogen-bond acceptors (Lipinski definition) is 3. The van der Waals surface area contributed by atoms with Crippen LogP contribution in [-0.2, 0) is 0 Å². The average Bonchev–Trinajstić information content (AvgIpc) is 2.74. The monoisotopic (exact) mass is 404 g/mol. The van der Waals surface area contributed by atoms with Crippen molar-refractivity contribution in [3.05, 3.63) is 89.4 Å². The fraction of sp³-hybridized carbons (Fsp3) is 0.0435. The van der Waals surface area contributed by atoms with E-state index in [1.807, 2.05) is 85.1 Å². The van der Waals surface area contributed by atoms with Gasteiger partial charge in [-0.25, -0.2) is 4.98 Å². The van der Waals surface area contributed by atoms with Crippen molar-refractivity contribution in [2.24, 2.45) is 0 Å². The quantitative estimate of drug-likeness (QED) is 0.393. The van der Waals surface area contributed by atoms with Gasteiger partial charge in [0, 0.05) is 20.9 Å². The fourth-order valence-electron chi connectivity index (χ4n) is 3.07. The smallest absolute Gasteiger partial charge is 0.256 e. The Morgan fingerprint density at radius 1 is 0.964 bits per heavy atom. The third-order valence-corrected chi connectivity index (χ3v) is 5.50. The lowest BCUT2D eigenvalue weighted by Gasteiger charge is -2.12. The minimum atomic E-state index is -0.157. The number of benzene rings is 3. The van der Waals surface area contributed by atoms with Crippen molar-refractivity contribution in [3.8, 4) is 11.3 Å². The predicted octanol–water partition coefficient (Wildman–Crippen LogP) is 6.53. The molecule has 0 saturated heterocycles. The maximum Gasteiger partial charge on any atom is 0.256 e. The van der Waals surface area contributed by atoms with Gasteiger partial charge in [0.25, 0.3) is 5.91 Å². The van der Waals surface area contributed by atoms with E-state index in [-0.39, 0.29) is 5.91 Å². The van der Waals surface area contributed by atoms with Crippen LogP contribution in [0.4, 0.5) is 5.69 Å². The Morgan fingerprint density at radius 2 is 1.68 bits per heavy atom. The summed E-state index contributed by atoms with van der Waals surface area (Å²) < 4.78 is 0. The molecular weight excluding hydrogens is 388 g/mol. The Bertz CT molecular complexity index is 1160. The van der Waals surface area contributed by atoms with E-state index in [4.69, 9.17) is 16.6 Å². The lowest BCUT2D eigenvalue weighted by atomic mass is 10.0. The summed E-state index contributed by atoms with van der Waals surface area (Å²) in [5, 5.41) is 4.53. The summed E-state index contributed by atoms with van der Waals surface area (Å²) in [6, 6.07) is 24.7. The summed E-state index contributed by atoms with van der Waals surface area (Å²) in [5.74, 6) is -0.157. The van der Waals surface area contributed by atoms with Gasteiger partial charge in [0.2, 0.25) is 0 Å². The highest BCUT2D eigenvalue weighted by molar-refractivity contribution is 7.98. The Kier molecular flexibility index (Phi) is 5.33. The largest absolute Gasteiger partial charge is 0.321 e. The van der Waals surface area contributed by atoms with E-state index < -0.39 is 0 Å². The van der Waals surface area contributed by atoms with Gasteiger partial charge in [0.15, 0.2) is 0 Å². The predicted molar refractivity (Wildman–Crippen MR) is 118 cm³/mol. The summed E-state index contributed by atoms with van der Waals surface area (Å²) in [6.07, 6.45) is 1.99. The van der Waals surface area contributed by atoms with E-state index in [0.29, 0.717) is 10.6 Å². The zero-order valence-electron chi connectivity index (χ0n) is 15.1. The van der Waals surface area contributed by atoms with Crippen LogP contribution in [-0.4, -0.2) is 17.1 Å². The average molecular weight is 405 g/mol. The second kappa shape index (κ2) is 8.05. The molecule has 28 heavy (non-hydrogen) atoms. The molecule has 3 aromatic carbocycles. The number of carbonyl (C=O) groups excluding carboxylic acids is 1. The summed E-state index contributed by atoms with van der Waals surface area (Å²) in [4.78, 5) is 18.9. The van der Waals surface area contributed by atoms with Gasteiger partial charge in [0.1, 0.15) is 0 Å². The molecule has 1 N–H and O–H groups in total. The van der Waals surface area contributed by atoms with Crippen molar-refractivity contribution >= 4 is 45.9 Å². The van der Waals surface area contributed by atoms with Crippen LogP contribution in [0.15, 0.2) is 83.8 Å². The number of anilines is 1. The molecule has 0 radical (unpaired) electrons. The molecule has 0 aliphatic heterocycles. The van der Waals surface area contributed by atoms with Gasteiger partial charge in [-0.2, -0.15) is 0 Å². The fourth-order valence-corrected chi connectivity index (χ4v) is 3.75. The number of pyridine rings is 1. The number of nitrogens with one attached hydrogen (secondary N) is 1. The molecule has 3 nitrogen and oxygen atoms in total. The van der Waals surface area contributed by atoms with Crippen molar-refractivity contribution in [1.82, 2.24) is 4.98 Å². The number of hydrogen-bond donors (Lipinski definition) is 1. The van der Waals surface area contributed by atoms with E-state index in [1.165, 1.54) is 0 Å². The molecule has 0 bridgehead atoms. The first kappa shape index (κ1) is 18.5. The van der Waals surface area contributed by atoms with Gasteiger partial charge in [-0.1, -0.05) is 54.1 Å². The number of thioether (sulfide) groups is 1. The van der Waals surface area contributed by atoms with Crippen LogP contribution in [0, 0.1) is 0 Å². The molecule has 0 atom stereocenters. The van der Waals surface area contributed by atoms with Crippen LogP contribution in [0.1, 0.15) is 10.4 Å². The zero-order valence-corrected chi connectivity index (χ0v) is 16.7. The summed E-state index contributed by atoms with van der Waals surface area (Å²) >= 11 is 7.61. The maximum absolute atomic E-state index is 13.2. The van der Waals surface area contributed by atoms with Crippen LogP contribution in [0.2, 0.25) is 5.02 Å². The number of para-hydroxylation sites is 2. The Balaban J connectivity index is 1.80. The van der Waals surface area contributed by atoms with Crippen molar-refractivity contribution in [2.45, 2.75) is 4.90 Å². The third kappa shape index (κ3) is 3.75. The molecule has 0 aliphatic carbocycles. The number of amides is 1. The van der Waals surface area contributed by atoms with Gasteiger partial charge in [-0.15, -0.1) is 11.8 Å². The van der Waals surface area contributed by atoms with E-state index in [0.717, 1.165) is 32.7 Å². The second-order valence-electron chi connectivity index (χ2n) is 6.23. The zero-order chi connectivity index (χ0) is 19.5. The number of halogens is 1. The Hall–Kier alpha value is -2.82. The molecule has 5 heteroatoms. The molecule has 0 saturated carbocycles. The van der Waals surface area contributed by atoms with Gasteiger partial charge in [-0.3, -0.25) is 4.79 Å². The Labute approximate surface area is 172 Å². The number of rotatable bonds is 4. The number of aromatic nitrogens is 1. The van der Waals surface area contributed by atoms with Gasteiger partial charge >= 0.3 is 0 Å². The molecule has 0 spiro atoms. The topological polar surface area (TPSA) is 42.0 Å². The molecule has 0 aliphatic rings. The first-order valence-corrected chi connectivity index (χ1v) is 10.4. The van der Waals surface area contributed by atoms with Crippen molar-refractivity contribution < 1.29 is 4.79 Å². The minimum Gasteiger partial charge on any atom is -0.321 e. The van der Waals surface area contributed by atoms with E-state index in [2.05, 4.69) is 5.32 Å². The molecule has 0 fully saturated rings. The lowest BCUT2D eigenvalue weighted by Crippen LogP contribution is -2.13. The minimum absolute atomic E-state index is 0.157. The number of nitrogens with zero attached hydrogens (tertiary/aromatic N) is 1. The van der Waals surface area contributed by atoms with E-state index >= 15 is 0 Å². The number of fused-ring (bicyclic) bond motifs is 1. The lowest BCUT2D eigenvalue weighted by molar-refractivity contribution is 0.102. The molecule has 1 heterocycles. The first-order chi connectivity index (χ1) is 13.7. The van der Waals surface area contributed by atoms with Gasteiger partial charge in [-0.05, 0) is 42.7 Å². The second-order valence-corrected chi connectivity index (χ2v) is 7.52. The van der Waals surface area contributed by atoms with Crippen LogP contribution >= 0.6 is 23.4 Å². The normalized spacial score (nSPS) is 10.8. The van der Waals surface area contributed by atoms with Crippen molar-refractivity contribution in [2.75, 3.05) is 11.6 Å². The van der Waals surface area contributed by atoms with Crippen LogP contribution in [0.3, 0.4) is 0 Å². The van der Waals surface area contributed by atoms with Gasteiger partial charge in [0.05, 0.1) is 22.5 Å². The molecule has 138 valence electrons. The standard InChI is InChI=1S/C23H17ClN2OS/c1-28-22-9-5-4-8-20(22)26-23(27)18-14-21(15-10-12-16(24)13-11-15)25-19-7-3-2-6-17(18)19/h2-14H,1H3,(H,26,27). The molecular formula is C23H17ClN2OS. The first-order valence-electron chi connectivity index (χ1n) is 8.76. The van der Waals surface area contributed by atoms with Crippen LogP contribution < -0.4 is 5.32 Å². The van der Waals surface area contributed by atoms with Crippen molar-refractivity contribution in [3.63, 3.8) is 0 Å². The Morgan fingerprint density at radius 3 is 2.46 bits per heavy atom. The summed E-state index contributed by atoms with van der Waals surface area (Å²) in [5.41, 5.74) is 3.81. The number of carbonyl (C=O) groups is 1. The van der Waals surface area contributed by atoms with Gasteiger partial charge < -0.3 is 5.32 Å².